The minimum absolute atomic E-state index is 0.162. The fourth-order valence-corrected chi connectivity index (χ4v) is 3.26. The molecule has 0 amide bonds. The van der Waals surface area contributed by atoms with Crippen molar-refractivity contribution in [2.75, 3.05) is 21.3 Å². The van der Waals surface area contributed by atoms with Crippen LogP contribution in [0.1, 0.15) is 16.8 Å². The Hall–Kier alpha value is -3.48. The van der Waals surface area contributed by atoms with Crippen molar-refractivity contribution < 1.29 is 19.0 Å². The highest BCUT2D eigenvalue weighted by atomic mass is 16.5. The van der Waals surface area contributed by atoms with E-state index < -0.39 is 0 Å². The lowest BCUT2D eigenvalue weighted by molar-refractivity contribution is -0.141. The topological polar surface area (TPSA) is 74.1 Å². The Balaban J connectivity index is 1.79. The van der Waals surface area contributed by atoms with Gasteiger partial charge in [-0.25, -0.2) is 0 Å². The van der Waals surface area contributed by atoms with E-state index in [1.807, 2.05) is 54.0 Å². The van der Waals surface area contributed by atoms with Gasteiger partial charge in [-0.1, -0.05) is 24.3 Å². The third-order valence-corrected chi connectivity index (χ3v) is 4.81. The molecule has 0 radical (unpaired) electrons. The van der Waals surface area contributed by atoms with Gasteiger partial charge in [-0.3, -0.25) is 4.79 Å². The number of rotatable bonds is 8. The van der Waals surface area contributed by atoms with E-state index in [2.05, 4.69) is 10.5 Å². The number of aromatic nitrogens is 1. The van der Waals surface area contributed by atoms with E-state index in [1.165, 1.54) is 7.11 Å². The van der Waals surface area contributed by atoms with E-state index in [4.69, 9.17) is 14.2 Å². The number of fused-ring (bicyclic) bond motifs is 1. The fraction of sp³-hybridized carbons (Fsp3) is 0.273. The highest BCUT2D eigenvalue weighted by Gasteiger charge is 2.14. The number of nitrogens with zero attached hydrogens (tertiary/aromatic N) is 2. The Bertz CT molecular complexity index is 1040. The smallest absolute Gasteiger partial charge is 0.325 e. The van der Waals surface area contributed by atoms with Crippen LogP contribution in [0.2, 0.25) is 0 Å². The van der Waals surface area contributed by atoms with E-state index in [0.29, 0.717) is 18.0 Å². The maximum atomic E-state index is 11.8. The molecule has 0 bridgehead atoms. The number of para-hydroxylation sites is 1. The summed E-state index contributed by atoms with van der Waals surface area (Å²) in [4.78, 5) is 11.8. The van der Waals surface area contributed by atoms with Gasteiger partial charge in [0.25, 0.3) is 0 Å². The van der Waals surface area contributed by atoms with Gasteiger partial charge in [0.1, 0.15) is 6.54 Å². The third-order valence-electron chi connectivity index (χ3n) is 4.81. The lowest BCUT2D eigenvalue weighted by Gasteiger charge is -2.09. The molecule has 7 heteroatoms. The molecular weight excluding hydrogens is 370 g/mol. The number of ether oxygens (including phenoxy) is 3. The summed E-state index contributed by atoms with van der Waals surface area (Å²) < 4.78 is 17.4. The zero-order valence-electron chi connectivity index (χ0n) is 17.1. The van der Waals surface area contributed by atoms with Gasteiger partial charge in [0, 0.05) is 22.2 Å². The predicted octanol–water partition coefficient (Wildman–Crippen LogP) is 3.26. The number of methoxy groups -OCH3 is 3. The quantitative estimate of drug-likeness (QED) is 0.360. The summed E-state index contributed by atoms with van der Waals surface area (Å²) in [5.41, 5.74) is 6.97. The lowest BCUT2D eigenvalue weighted by Crippen LogP contribution is -2.12. The zero-order chi connectivity index (χ0) is 20.8. The first kappa shape index (κ1) is 20.3. The molecule has 3 rings (SSSR count). The molecule has 0 saturated heterocycles. The molecule has 0 unspecified atom stereocenters. The van der Waals surface area contributed by atoms with Crippen LogP contribution in [0.15, 0.2) is 47.6 Å². The van der Waals surface area contributed by atoms with Gasteiger partial charge >= 0.3 is 5.97 Å². The van der Waals surface area contributed by atoms with Gasteiger partial charge in [0.15, 0.2) is 11.5 Å². The van der Waals surface area contributed by atoms with Crippen LogP contribution in [0.5, 0.6) is 11.5 Å². The molecule has 0 aliphatic heterocycles. The Morgan fingerprint density at radius 3 is 2.59 bits per heavy atom. The molecule has 1 heterocycles. The van der Waals surface area contributed by atoms with Gasteiger partial charge in [-0.05, 0) is 30.7 Å². The van der Waals surface area contributed by atoms with Gasteiger partial charge in [0.05, 0.1) is 34.1 Å². The van der Waals surface area contributed by atoms with Crippen molar-refractivity contribution in [3.63, 3.8) is 0 Å². The minimum Gasteiger partial charge on any atom is -0.493 e. The number of carbonyl (C=O) groups is 1. The number of esters is 1. The van der Waals surface area contributed by atoms with E-state index in [9.17, 15) is 4.79 Å². The molecule has 1 N–H and O–H groups in total. The summed E-state index contributed by atoms with van der Waals surface area (Å²) >= 11 is 0. The van der Waals surface area contributed by atoms with Gasteiger partial charge in [0.2, 0.25) is 0 Å². The van der Waals surface area contributed by atoms with Gasteiger partial charge in [-0.2, -0.15) is 5.10 Å². The van der Waals surface area contributed by atoms with Crippen LogP contribution in [0.4, 0.5) is 0 Å². The zero-order valence-corrected chi connectivity index (χ0v) is 17.1. The SMILES string of the molecule is COC(=O)Cn1c(C)c(/C=N/NCc2ccc(OC)c(OC)c2)c2ccccc21. The molecule has 0 spiro atoms. The standard InChI is InChI=1S/C22H25N3O4/c1-15-18(17-7-5-6-8-19(17)25(15)14-22(26)29-4)13-24-23-12-16-9-10-20(27-2)21(11-16)28-3/h5-11,13,23H,12,14H2,1-4H3/b24-13+. The van der Waals surface area contributed by atoms with E-state index >= 15 is 0 Å². The first-order chi connectivity index (χ1) is 14.1. The van der Waals surface area contributed by atoms with Crippen molar-refractivity contribution in [3.8, 4) is 11.5 Å². The van der Waals surface area contributed by atoms with Crippen LogP contribution in [-0.2, 0) is 22.6 Å². The van der Waals surface area contributed by atoms with Crippen LogP contribution in [0, 0.1) is 6.92 Å². The summed E-state index contributed by atoms with van der Waals surface area (Å²) in [5.74, 6) is 1.08. The number of benzene rings is 2. The van der Waals surface area contributed by atoms with E-state index in [-0.39, 0.29) is 12.5 Å². The number of hydrogen-bond acceptors (Lipinski definition) is 6. The number of hydrazone groups is 1. The van der Waals surface area contributed by atoms with Gasteiger partial charge < -0.3 is 24.2 Å². The van der Waals surface area contributed by atoms with Crippen molar-refractivity contribution in [2.45, 2.75) is 20.0 Å². The van der Waals surface area contributed by atoms with Crippen LogP contribution >= 0.6 is 0 Å². The lowest BCUT2D eigenvalue weighted by atomic mass is 10.1. The highest BCUT2D eigenvalue weighted by Crippen LogP contribution is 2.27. The first-order valence-electron chi connectivity index (χ1n) is 9.20. The van der Waals surface area contributed by atoms with Crippen molar-refractivity contribution in [2.24, 2.45) is 5.10 Å². The number of carbonyl (C=O) groups excluding carboxylic acids is 1. The summed E-state index contributed by atoms with van der Waals surface area (Å²) in [6.45, 7) is 2.67. The van der Waals surface area contributed by atoms with Crippen molar-refractivity contribution in [3.05, 3.63) is 59.3 Å². The Kier molecular flexibility index (Phi) is 6.39. The first-order valence-corrected chi connectivity index (χ1v) is 9.20. The molecule has 0 aliphatic rings. The Labute approximate surface area is 169 Å². The van der Waals surface area contributed by atoms with Crippen LogP contribution in [0.25, 0.3) is 10.9 Å². The molecule has 29 heavy (non-hydrogen) atoms. The van der Waals surface area contributed by atoms with Crippen molar-refractivity contribution >= 4 is 23.1 Å². The molecule has 7 nitrogen and oxygen atoms in total. The average Bonchev–Trinajstić information content (AvgIpc) is 3.02. The predicted molar refractivity (Wildman–Crippen MR) is 113 cm³/mol. The Morgan fingerprint density at radius 2 is 1.86 bits per heavy atom. The monoisotopic (exact) mass is 395 g/mol. The molecular formula is C22H25N3O4. The Morgan fingerprint density at radius 1 is 1.10 bits per heavy atom. The van der Waals surface area contributed by atoms with Crippen LogP contribution in [0.3, 0.4) is 0 Å². The van der Waals surface area contributed by atoms with E-state index in [1.54, 1.807) is 20.4 Å². The largest absolute Gasteiger partial charge is 0.493 e. The van der Waals surface area contributed by atoms with Crippen LogP contribution in [-0.4, -0.2) is 38.1 Å². The van der Waals surface area contributed by atoms with Gasteiger partial charge in [-0.15, -0.1) is 0 Å². The highest BCUT2D eigenvalue weighted by molar-refractivity contribution is 6.01. The average molecular weight is 395 g/mol. The maximum Gasteiger partial charge on any atom is 0.325 e. The molecule has 0 atom stereocenters. The molecule has 0 saturated carbocycles. The fourth-order valence-electron chi connectivity index (χ4n) is 3.26. The minimum atomic E-state index is -0.288. The molecule has 3 aromatic rings. The molecule has 0 aliphatic carbocycles. The van der Waals surface area contributed by atoms with Crippen molar-refractivity contribution in [1.82, 2.24) is 9.99 Å². The summed E-state index contributed by atoms with van der Waals surface area (Å²) in [7, 11) is 4.61. The normalized spacial score (nSPS) is 11.0. The second-order valence-electron chi connectivity index (χ2n) is 6.46. The molecule has 2 aromatic carbocycles. The number of hydrogen-bond donors (Lipinski definition) is 1. The molecule has 1 aromatic heterocycles. The second kappa shape index (κ2) is 9.14. The molecule has 0 fully saturated rings. The summed E-state index contributed by atoms with van der Waals surface area (Å²) in [6.07, 6.45) is 1.78. The third kappa shape index (κ3) is 4.34. The van der Waals surface area contributed by atoms with Crippen molar-refractivity contribution in [1.29, 1.82) is 0 Å². The summed E-state index contributed by atoms with van der Waals surface area (Å²) in [6, 6.07) is 13.7. The van der Waals surface area contributed by atoms with Crippen LogP contribution < -0.4 is 14.9 Å². The second-order valence-corrected chi connectivity index (χ2v) is 6.46. The van der Waals surface area contributed by atoms with E-state index in [0.717, 1.165) is 27.7 Å². The number of nitrogens with one attached hydrogen (secondary N) is 1. The summed E-state index contributed by atoms with van der Waals surface area (Å²) in [5, 5.41) is 5.41. The maximum absolute atomic E-state index is 11.8. The molecule has 152 valence electrons.